The molecule has 2 nitrogen and oxygen atoms in total. The fourth-order valence-electron chi connectivity index (χ4n) is 2.14. The lowest BCUT2D eigenvalue weighted by Crippen LogP contribution is -2.33. The quantitative estimate of drug-likeness (QED) is 0.709. The Morgan fingerprint density at radius 1 is 1.16 bits per heavy atom. The van der Waals surface area contributed by atoms with Gasteiger partial charge in [0.15, 0.2) is 0 Å². The first-order chi connectivity index (χ1) is 11.5. The van der Waals surface area contributed by atoms with Crippen molar-refractivity contribution in [1.82, 2.24) is 10.3 Å². The molecule has 2 rings (SSSR count). The van der Waals surface area contributed by atoms with E-state index < -0.39 is 23.1 Å². The standard InChI is InChI=1S/C18H17ClF4N2/c1-10(18(21,22)23)15-8-12(17(2,3)24-4)9-16(25-15)11-5-6-14(20)13(19)7-11/h5-9,24H,1H2,2-4H3. The second kappa shape index (κ2) is 6.77. The fraction of sp³-hybridized carbons (Fsp3) is 0.278. The molecule has 0 saturated carbocycles. The summed E-state index contributed by atoms with van der Waals surface area (Å²) in [6.07, 6.45) is -4.60. The molecule has 0 aliphatic rings. The topological polar surface area (TPSA) is 24.9 Å². The molecule has 2 aromatic rings. The summed E-state index contributed by atoms with van der Waals surface area (Å²) >= 11 is 5.78. The van der Waals surface area contributed by atoms with E-state index in [0.29, 0.717) is 11.1 Å². The molecular formula is C18H17ClF4N2. The first-order valence-electron chi connectivity index (χ1n) is 7.39. The number of alkyl halides is 3. The molecule has 7 heteroatoms. The number of aromatic nitrogens is 1. The van der Waals surface area contributed by atoms with Crippen molar-refractivity contribution in [2.75, 3.05) is 7.05 Å². The van der Waals surface area contributed by atoms with E-state index in [0.717, 1.165) is 6.07 Å². The summed E-state index contributed by atoms with van der Waals surface area (Å²) in [6.45, 7) is 6.76. The largest absolute Gasteiger partial charge is 0.417 e. The maximum Gasteiger partial charge on any atom is 0.417 e. The van der Waals surface area contributed by atoms with Gasteiger partial charge < -0.3 is 5.32 Å². The summed E-state index contributed by atoms with van der Waals surface area (Å²) in [5.41, 5.74) is -0.692. The molecule has 25 heavy (non-hydrogen) atoms. The number of hydrogen-bond donors (Lipinski definition) is 1. The van der Waals surface area contributed by atoms with Gasteiger partial charge in [-0.15, -0.1) is 0 Å². The van der Waals surface area contributed by atoms with Crippen LogP contribution in [0.4, 0.5) is 17.6 Å². The van der Waals surface area contributed by atoms with E-state index in [4.69, 9.17) is 11.6 Å². The van der Waals surface area contributed by atoms with Crippen molar-refractivity contribution in [3.63, 3.8) is 0 Å². The van der Waals surface area contributed by atoms with E-state index in [9.17, 15) is 17.6 Å². The van der Waals surface area contributed by atoms with Crippen LogP contribution in [0.1, 0.15) is 25.1 Å². The summed E-state index contributed by atoms with van der Waals surface area (Å²) < 4.78 is 52.6. The molecular weight excluding hydrogens is 356 g/mol. The lowest BCUT2D eigenvalue weighted by atomic mass is 9.92. The molecule has 0 bridgehead atoms. The molecule has 1 N–H and O–H groups in total. The van der Waals surface area contributed by atoms with E-state index in [2.05, 4.69) is 16.9 Å². The number of hydrogen-bond acceptors (Lipinski definition) is 2. The predicted octanol–water partition coefficient (Wildman–Crippen LogP) is 5.57. The van der Waals surface area contributed by atoms with Gasteiger partial charge in [-0.2, -0.15) is 13.2 Å². The normalized spacial score (nSPS) is 12.3. The average Bonchev–Trinajstić information content (AvgIpc) is 2.55. The molecule has 134 valence electrons. The highest BCUT2D eigenvalue weighted by Gasteiger charge is 2.35. The summed E-state index contributed by atoms with van der Waals surface area (Å²) in [7, 11) is 1.70. The predicted molar refractivity (Wildman–Crippen MR) is 91.8 cm³/mol. The van der Waals surface area contributed by atoms with Crippen molar-refractivity contribution >= 4 is 17.2 Å². The van der Waals surface area contributed by atoms with Crippen LogP contribution in [0.3, 0.4) is 0 Å². The molecule has 0 radical (unpaired) electrons. The Balaban J connectivity index is 2.69. The maximum atomic E-state index is 13.4. The highest BCUT2D eigenvalue weighted by molar-refractivity contribution is 6.31. The summed E-state index contributed by atoms with van der Waals surface area (Å²) in [6, 6.07) is 6.89. The first kappa shape index (κ1) is 19.4. The second-order valence-corrected chi connectivity index (χ2v) is 6.51. The van der Waals surface area contributed by atoms with Crippen LogP contribution in [0, 0.1) is 5.82 Å². The van der Waals surface area contributed by atoms with E-state index >= 15 is 0 Å². The van der Waals surface area contributed by atoms with Gasteiger partial charge in [0.05, 0.1) is 22.0 Å². The van der Waals surface area contributed by atoms with E-state index in [1.165, 1.54) is 18.2 Å². The van der Waals surface area contributed by atoms with Crippen LogP contribution in [-0.2, 0) is 5.54 Å². The van der Waals surface area contributed by atoms with Crippen molar-refractivity contribution in [2.24, 2.45) is 0 Å². The van der Waals surface area contributed by atoms with Crippen LogP contribution < -0.4 is 5.32 Å². The van der Waals surface area contributed by atoms with Gasteiger partial charge in [-0.05, 0) is 56.8 Å². The minimum atomic E-state index is -4.60. The van der Waals surface area contributed by atoms with Gasteiger partial charge >= 0.3 is 6.18 Å². The molecule has 0 aliphatic heterocycles. The number of rotatable bonds is 4. The van der Waals surface area contributed by atoms with E-state index in [1.54, 1.807) is 13.1 Å². The van der Waals surface area contributed by atoms with Gasteiger partial charge in [-0.1, -0.05) is 18.2 Å². The third-order valence-electron chi connectivity index (χ3n) is 4.04. The Morgan fingerprint density at radius 3 is 2.32 bits per heavy atom. The zero-order chi connectivity index (χ0) is 19.0. The van der Waals surface area contributed by atoms with Crippen molar-refractivity contribution in [2.45, 2.75) is 25.6 Å². The Morgan fingerprint density at radius 2 is 1.80 bits per heavy atom. The number of allylic oxidation sites excluding steroid dienone is 1. The molecule has 0 spiro atoms. The number of halogens is 5. The highest BCUT2D eigenvalue weighted by atomic mass is 35.5. The molecule has 0 fully saturated rings. The van der Waals surface area contributed by atoms with E-state index in [1.807, 2.05) is 13.8 Å². The maximum absolute atomic E-state index is 13.4. The smallest absolute Gasteiger partial charge is 0.311 e. The van der Waals surface area contributed by atoms with Gasteiger partial charge in [-0.3, -0.25) is 0 Å². The zero-order valence-corrected chi connectivity index (χ0v) is 14.7. The molecule has 1 heterocycles. The first-order valence-corrected chi connectivity index (χ1v) is 7.77. The van der Waals surface area contributed by atoms with Crippen LogP contribution in [0.2, 0.25) is 5.02 Å². The van der Waals surface area contributed by atoms with Crippen LogP contribution in [0.5, 0.6) is 0 Å². The SMILES string of the molecule is C=C(c1cc(C(C)(C)NC)cc(-c2ccc(F)c(Cl)c2)n1)C(F)(F)F. The lowest BCUT2D eigenvalue weighted by molar-refractivity contribution is -0.0689. The van der Waals surface area contributed by atoms with Crippen molar-refractivity contribution in [1.29, 1.82) is 0 Å². The van der Waals surface area contributed by atoms with Crippen LogP contribution in [0.15, 0.2) is 36.9 Å². The van der Waals surface area contributed by atoms with Crippen molar-refractivity contribution in [3.05, 3.63) is 59.0 Å². The van der Waals surface area contributed by atoms with Gasteiger partial charge in [0.2, 0.25) is 0 Å². The third-order valence-corrected chi connectivity index (χ3v) is 4.33. The fourth-order valence-corrected chi connectivity index (χ4v) is 2.32. The number of nitrogens with zero attached hydrogens (tertiary/aromatic N) is 1. The van der Waals surface area contributed by atoms with E-state index in [-0.39, 0.29) is 16.4 Å². The molecule has 0 saturated heterocycles. The monoisotopic (exact) mass is 372 g/mol. The minimum Gasteiger partial charge on any atom is -0.311 e. The molecule has 0 amide bonds. The number of pyridine rings is 1. The Bertz CT molecular complexity index is 813. The van der Waals surface area contributed by atoms with Crippen LogP contribution >= 0.6 is 11.6 Å². The summed E-state index contributed by atoms with van der Waals surface area (Å²) in [5, 5.41) is 2.91. The van der Waals surface area contributed by atoms with Gasteiger partial charge in [0.1, 0.15) is 5.82 Å². The lowest BCUT2D eigenvalue weighted by Gasteiger charge is -2.26. The average molecular weight is 373 g/mol. The molecule has 1 aromatic heterocycles. The van der Waals surface area contributed by atoms with Gasteiger partial charge in [0, 0.05) is 11.1 Å². The van der Waals surface area contributed by atoms with Gasteiger partial charge in [0.25, 0.3) is 0 Å². The highest BCUT2D eigenvalue weighted by Crippen LogP contribution is 2.35. The van der Waals surface area contributed by atoms with Crippen LogP contribution in [-0.4, -0.2) is 18.2 Å². The molecule has 1 aromatic carbocycles. The van der Waals surface area contributed by atoms with Crippen molar-refractivity contribution in [3.8, 4) is 11.3 Å². The molecule has 0 aliphatic carbocycles. The Labute approximate surface area is 148 Å². The minimum absolute atomic E-state index is 0.131. The molecule has 0 unspecified atom stereocenters. The Hall–Kier alpha value is -1.92. The number of benzene rings is 1. The second-order valence-electron chi connectivity index (χ2n) is 6.11. The van der Waals surface area contributed by atoms with Crippen LogP contribution in [0.25, 0.3) is 16.8 Å². The zero-order valence-electron chi connectivity index (χ0n) is 13.9. The summed E-state index contributed by atoms with van der Waals surface area (Å²) in [5.74, 6) is -0.614. The Kier molecular flexibility index (Phi) is 5.25. The third kappa shape index (κ3) is 4.19. The number of nitrogens with one attached hydrogen (secondary N) is 1. The summed E-state index contributed by atoms with van der Waals surface area (Å²) in [4.78, 5) is 4.06. The van der Waals surface area contributed by atoms with Gasteiger partial charge in [-0.25, -0.2) is 9.37 Å². The van der Waals surface area contributed by atoms with Crippen molar-refractivity contribution < 1.29 is 17.6 Å². The molecule has 0 atom stereocenters.